The molecule has 0 radical (unpaired) electrons. The molecule has 5 nitrogen and oxygen atoms in total. The van der Waals surface area contributed by atoms with Gasteiger partial charge in [-0.15, -0.1) is 0 Å². The smallest absolute Gasteiger partial charge is 0.320 e. The van der Waals surface area contributed by atoms with Crippen LogP contribution >= 0.6 is 0 Å². The van der Waals surface area contributed by atoms with Gasteiger partial charge in [-0.2, -0.15) is 0 Å². The number of carboxylic acid groups (broad SMARTS) is 1. The number of amides is 1. The quantitative estimate of drug-likeness (QED) is 0.357. The first-order valence-corrected chi connectivity index (χ1v) is 4.29. The van der Waals surface area contributed by atoms with Crippen LogP contribution in [0.25, 0.3) is 0 Å². The van der Waals surface area contributed by atoms with Crippen LogP contribution in [0.3, 0.4) is 0 Å². The Kier molecular flexibility index (Phi) is 6.91. The Balaban J connectivity index is 3.38. The average molecular weight is 188 g/mol. The predicted octanol–water partition coefficient (Wildman–Crippen LogP) is -0.425. The van der Waals surface area contributed by atoms with Crippen LogP contribution in [0.15, 0.2) is 0 Å². The molecule has 1 amide bonds. The lowest BCUT2D eigenvalue weighted by atomic mass is 10.1. The Hall–Kier alpha value is -1.10. The average Bonchev–Trinajstić information content (AvgIpc) is 2.10. The van der Waals surface area contributed by atoms with Crippen molar-refractivity contribution in [1.29, 1.82) is 0 Å². The molecule has 0 aliphatic rings. The number of hydrogen-bond acceptors (Lipinski definition) is 3. The molecular formula is C8H16N2O3. The van der Waals surface area contributed by atoms with E-state index >= 15 is 0 Å². The van der Waals surface area contributed by atoms with E-state index in [2.05, 4.69) is 10.6 Å². The van der Waals surface area contributed by atoms with Crippen molar-refractivity contribution < 1.29 is 14.7 Å². The van der Waals surface area contributed by atoms with Crippen molar-refractivity contribution in [1.82, 2.24) is 10.6 Å². The van der Waals surface area contributed by atoms with Crippen molar-refractivity contribution in [3.05, 3.63) is 0 Å². The first-order valence-electron chi connectivity index (χ1n) is 4.29. The molecule has 0 bridgehead atoms. The van der Waals surface area contributed by atoms with E-state index in [4.69, 9.17) is 5.11 Å². The minimum absolute atomic E-state index is 0.476. The highest BCUT2D eigenvalue weighted by Crippen LogP contribution is 1.99. The topological polar surface area (TPSA) is 78.4 Å². The summed E-state index contributed by atoms with van der Waals surface area (Å²) in [7, 11) is 1.63. The van der Waals surface area contributed by atoms with Gasteiger partial charge in [-0.3, -0.25) is 9.59 Å². The maximum atomic E-state index is 10.5. The van der Waals surface area contributed by atoms with Gasteiger partial charge in [0.15, 0.2) is 0 Å². The van der Waals surface area contributed by atoms with Crippen molar-refractivity contribution in [3.63, 3.8) is 0 Å². The van der Waals surface area contributed by atoms with Crippen molar-refractivity contribution in [3.8, 4) is 0 Å². The van der Waals surface area contributed by atoms with Crippen LogP contribution in [-0.4, -0.2) is 37.1 Å². The van der Waals surface area contributed by atoms with Gasteiger partial charge in [0, 0.05) is 6.54 Å². The maximum Gasteiger partial charge on any atom is 0.320 e. The number of carboxylic acids is 1. The van der Waals surface area contributed by atoms with Gasteiger partial charge in [0.05, 0.1) is 0 Å². The van der Waals surface area contributed by atoms with E-state index in [0.717, 1.165) is 12.8 Å². The molecule has 0 heterocycles. The third-order valence-electron chi connectivity index (χ3n) is 1.79. The third kappa shape index (κ3) is 6.10. The number of unbranched alkanes of at least 4 members (excludes halogenated alkanes) is 1. The SMILES string of the molecule is CN[C@@H](CCCCNC=O)C(=O)O. The molecule has 0 fully saturated rings. The fourth-order valence-electron chi connectivity index (χ4n) is 1.03. The van der Waals surface area contributed by atoms with Gasteiger partial charge in [0.2, 0.25) is 6.41 Å². The van der Waals surface area contributed by atoms with E-state index in [9.17, 15) is 9.59 Å². The lowest BCUT2D eigenvalue weighted by Gasteiger charge is -2.09. The third-order valence-corrected chi connectivity index (χ3v) is 1.79. The highest BCUT2D eigenvalue weighted by molar-refractivity contribution is 5.73. The second kappa shape index (κ2) is 7.54. The number of rotatable bonds is 8. The molecule has 3 N–H and O–H groups in total. The Labute approximate surface area is 77.5 Å². The predicted molar refractivity (Wildman–Crippen MR) is 48.4 cm³/mol. The first-order chi connectivity index (χ1) is 6.22. The zero-order chi connectivity index (χ0) is 10.1. The molecular weight excluding hydrogens is 172 g/mol. The second-order valence-electron chi connectivity index (χ2n) is 2.75. The molecule has 0 aliphatic heterocycles. The van der Waals surface area contributed by atoms with E-state index in [0.29, 0.717) is 19.4 Å². The normalized spacial score (nSPS) is 12.1. The molecule has 0 aromatic carbocycles. The summed E-state index contributed by atoms with van der Waals surface area (Å²) in [5, 5.41) is 13.9. The molecule has 0 saturated heterocycles. The summed E-state index contributed by atoms with van der Waals surface area (Å²) in [5.74, 6) is -0.828. The lowest BCUT2D eigenvalue weighted by molar-refractivity contribution is -0.139. The van der Waals surface area contributed by atoms with Crippen LogP contribution < -0.4 is 10.6 Å². The molecule has 0 aliphatic carbocycles. The van der Waals surface area contributed by atoms with Gasteiger partial charge in [0.25, 0.3) is 0 Å². The van der Waals surface area contributed by atoms with Gasteiger partial charge in [-0.25, -0.2) is 0 Å². The van der Waals surface area contributed by atoms with Gasteiger partial charge in [-0.1, -0.05) is 0 Å². The van der Waals surface area contributed by atoms with Crippen LogP contribution in [0.5, 0.6) is 0 Å². The zero-order valence-electron chi connectivity index (χ0n) is 7.75. The monoisotopic (exact) mass is 188 g/mol. The summed E-state index contributed by atoms with van der Waals surface area (Å²) in [6.45, 7) is 0.611. The molecule has 13 heavy (non-hydrogen) atoms. The summed E-state index contributed by atoms with van der Waals surface area (Å²) < 4.78 is 0. The summed E-state index contributed by atoms with van der Waals surface area (Å²) >= 11 is 0. The maximum absolute atomic E-state index is 10.5. The summed E-state index contributed by atoms with van der Waals surface area (Å²) in [4.78, 5) is 20.4. The molecule has 0 saturated carbocycles. The minimum Gasteiger partial charge on any atom is -0.480 e. The number of likely N-dealkylation sites (N-methyl/N-ethyl adjacent to an activating group) is 1. The zero-order valence-corrected chi connectivity index (χ0v) is 7.75. The van der Waals surface area contributed by atoms with Crippen LogP contribution in [0.2, 0.25) is 0 Å². The van der Waals surface area contributed by atoms with Crippen LogP contribution in [0.4, 0.5) is 0 Å². The Morgan fingerprint density at radius 1 is 1.54 bits per heavy atom. The number of carbonyl (C=O) groups excluding carboxylic acids is 1. The molecule has 0 aromatic rings. The standard InChI is InChI=1S/C8H16N2O3/c1-9-7(8(12)13)4-2-3-5-10-6-11/h6-7,9H,2-5H2,1H3,(H,10,11)(H,12,13)/t7-/m0/s1. The van der Waals surface area contributed by atoms with Crippen LogP contribution in [0.1, 0.15) is 19.3 Å². The molecule has 0 rings (SSSR count). The van der Waals surface area contributed by atoms with E-state index in [1.807, 2.05) is 0 Å². The van der Waals surface area contributed by atoms with E-state index in [1.54, 1.807) is 7.05 Å². The molecule has 0 spiro atoms. The van der Waals surface area contributed by atoms with Crippen LogP contribution in [-0.2, 0) is 9.59 Å². The van der Waals surface area contributed by atoms with Crippen molar-refractivity contribution in [2.45, 2.75) is 25.3 Å². The number of carbonyl (C=O) groups is 2. The highest BCUT2D eigenvalue weighted by Gasteiger charge is 2.12. The fourth-order valence-corrected chi connectivity index (χ4v) is 1.03. The molecule has 76 valence electrons. The highest BCUT2D eigenvalue weighted by atomic mass is 16.4. The summed E-state index contributed by atoms with van der Waals surface area (Å²) in [6.07, 6.45) is 2.84. The van der Waals surface area contributed by atoms with Gasteiger partial charge in [-0.05, 0) is 26.3 Å². The van der Waals surface area contributed by atoms with Gasteiger partial charge in [0.1, 0.15) is 6.04 Å². The largest absolute Gasteiger partial charge is 0.480 e. The second-order valence-corrected chi connectivity index (χ2v) is 2.75. The molecule has 1 atom stereocenters. The lowest BCUT2D eigenvalue weighted by Crippen LogP contribution is -2.33. The number of nitrogens with one attached hydrogen (secondary N) is 2. The Bertz CT molecular complexity index is 161. The van der Waals surface area contributed by atoms with Crippen molar-refractivity contribution >= 4 is 12.4 Å². The van der Waals surface area contributed by atoms with Gasteiger partial charge < -0.3 is 15.7 Å². The molecule has 0 aromatic heterocycles. The number of aliphatic carboxylic acids is 1. The van der Waals surface area contributed by atoms with E-state index in [-0.39, 0.29) is 0 Å². The minimum atomic E-state index is -0.828. The Morgan fingerprint density at radius 3 is 2.69 bits per heavy atom. The summed E-state index contributed by atoms with van der Waals surface area (Å²) in [5.41, 5.74) is 0. The van der Waals surface area contributed by atoms with E-state index in [1.165, 1.54) is 0 Å². The van der Waals surface area contributed by atoms with Gasteiger partial charge >= 0.3 is 5.97 Å². The number of hydrogen-bond donors (Lipinski definition) is 3. The van der Waals surface area contributed by atoms with Crippen molar-refractivity contribution in [2.24, 2.45) is 0 Å². The molecule has 5 heteroatoms. The van der Waals surface area contributed by atoms with E-state index < -0.39 is 12.0 Å². The summed E-state index contributed by atoms with van der Waals surface area (Å²) in [6, 6.07) is -0.476. The Morgan fingerprint density at radius 2 is 2.23 bits per heavy atom. The van der Waals surface area contributed by atoms with Crippen LogP contribution in [0, 0.1) is 0 Å². The first kappa shape index (κ1) is 11.9. The molecule has 0 unspecified atom stereocenters. The van der Waals surface area contributed by atoms with Crippen molar-refractivity contribution in [2.75, 3.05) is 13.6 Å². The fraction of sp³-hybridized carbons (Fsp3) is 0.750.